The fourth-order valence-electron chi connectivity index (χ4n) is 7.26. The summed E-state index contributed by atoms with van der Waals surface area (Å²) in [5.41, 5.74) is -3.72. The van der Waals surface area contributed by atoms with Crippen molar-refractivity contribution in [3.8, 4) is 0 Å². The molecule has 0 aromatic rings. The second kappa shape index (κ2) is 7.33. The quantitative estimate of drug-likeness (QED) is 0.462. The molecule has 3 unspecified atom stereocenters. The maximum Gasteiger partial charge on any atom is 0.197 e. The van der Waals surface area contributed by atoms with Gasteiger partial charge in [0.25, 0.3) is 0 Å². The van der Waals surface area contributed by atoms with E-state index in [4.69, 9.17) is 58.0 Å². The summed E-state index contributed by atoms with van der Waals surface area (Å²) in [6.07, 6.45) is 2.08. The fourth-order valence-corrected chi connectivity index (χ4v) is 9.16. The number of rotatable bonds is 2. The lowest BCUT2D eigenvalue weighted by molar-refractivity contribution is -0.163. The average molecular weight is 533 g/mol. The van der Waals surface area contributed by atoms with Crippen LogP contribution >= 0.6 is 58.0 Å². The molecule has 9 heteroatoms. The van der Waals surface area contributed by atoms with E-state index in [2.05, 4.69) is 0 Å². The van der Waals surface area contributed by atoms with Gasteiger partial charge in [0.05, 0.1) is 15.3 Å². The lowest BCUT2D eigenvalue weighted by Crippen LogP contribution is -2.69. The molecule has 4 aliphatic rings. The molecule has 3 saturated carbocycles. The number of hydrogen-bond acceptors (Lipinski definition) is 3. The van der Waals surface area contributed by atoms with E-state index >= 15 is 4.39 Å². The predicted octanol–water partition coefficient (Wildman–Crippen LogP) is 5.74. The van der Waals surface area contributed by atoms with E-state index in [0.29, 0.717) is 6.42 Å². The summed E-state index contributed by atoms with van der Waals surface area (Å²) in [6, 6.07) is 0. The summed E-state index contributed by atoms with van der Waals surface area (Å²) in [4.78, 5) is 22.6. The summed E-state index contributed by atoms with van der Waals surface area (Å²) >= 11 is 32.4. The van der Waals surface area contributed by atoms with E-state index in [1.165, 1.54) is 6.08 Å². The molecule has 0 aromatic heterocycles. The van der Waals surface area contributed by atoms with Crippen molar-refractivity contribution in [2.45, 2.75) is 66.9 Å². The first-order valence-electron chi connectivity index (χ1n) is 10.3. The van der Waals surface area contributed by atoms with Gasteiger partial charge in [-0.1, -0.05) is 61.7 Å². The number of fused-ring (bicyclic) bond motifs is 5. The first-order valence-corrected chi connectivity index (χ1v) is 12.4. The predicted molar refractivity (Wildman–Crippen MR) is 122 cm³/mol. The third-order valence-corrected chi connectivity index (χ3v) is 11.2. The molecule has 0 aromatic carbocycles. The molecule has 4 aliphatic carbocycles. The van der Waals surface area contributed by atoms with Crippen LogP contribution in [0, 0.1) is 28.6 Å². The normalized spacial score (nSPS) is 51.6. The van der Waals surface area contributed by atoms with Crippen molar-refractivity contribution in [1.82, 2.24) is 0 Å². The van der Waals surface area contributed by atoms with Gasteiger partial charge in [-0.05, 0) is 48.7 Å². The van der Waals surface area contributed by atoms with Gasteiger partial charge in [-0.2, -0.15) is 0 Å². The van der Waals surface area contributed by atoms with Crippen LogP contribution in [0.5, 0.6) is 0 Å². The molecule has 31 heavy (non-hydrogen) atoms. The topological polar surface area (TPSA) is 54.4 Å². The number of allylic oxidation sites excluding steroid dienone is 4. The minimum atomic E-state index is -1.81. The van der Waals surface area contributed by atoms with Crippen LogP contribution in [0.25, 0.3) is 0 Å². The van der Waals surface area contributed by atoms with Gasteiger partial charge in [-0.15, -0.1) is 23.2 Å². The van der Waals surface area contributed by atoms with Crippen LogP contribution in [0.2, 0.25) is 0 Å². The molecule has 3 nitrogen and oxygen atoms in total. The summed E-state index contributed by atoms with van der Waals surface area (Å²) in [6.45, 7) is 5.34. The lowest BCUT2D eigenvalue weighted by Gasteiger charge is -2.64. The molecule has 172 valence electrons. The highest BCUT2D eigenvalue weighted by Crippen LogP contribution is 2.73. The first kappa shape index (κ1) is 24.3. The number of alkyl halides is 5. The molecule has 0 saturated heterocycles. The molecule has 0 spiro atoms. The molecule has 4 rings (SSSR count). The summed E-state index contributed by atoms with van der Waals surface area (Å²) in [5.74, 6) is -2.36. The maximum absolute atomic E-state index is 15.6. The second-order valence-corrected chi connectivity index (χ2v) is 12.6. The van der Waals surface area contributed by atoms with Crippen LogP contribution in [0.15, 0.2) is 22.8 Å². The van der Waals surface area contributed by atoms with Gasteiger partial charge in [0, 0.05) is 10.8 Å². The zero-order chi connectivity index (χ0) is 23.3. The SMILES string of the molecule is CC1C[C@H]2[C@@H]3CC(F)C4=C(Cl)C(=O)C=C[C@]4(C)[C@@]3(Cl)C(Cl)C[C@]2(C)[C@@]1(O)C(=O)C(Cl)Cl. The van der Waals surface area contributed by atoms with Crippen LogP contribution in [0.3, 0.4) is 0 Å². The molecular weight excluding hydrogens is 509 g/mol. The Morgan fingerprint density at radius 2 is 1.87 bits per heavy atom. The van der Waals surface area contributed by atoms with E-state index < -0.39 is 61.1 Å². The lowest BCUT2D eigenvalue weighted by atomic mass is 9.46. The number of aliphatic hydroxyl groups is 1. The van der Waals surface area contributed by atoms with Crippen molar-refractivity contribution in [3.05, 3.63) is 22.8 Å². The third-order valence-electron chi connectivity index (χ3n) is 8.82. The molecular formula is C22H24Cl5FO3. The molecule has 0 bridgehead atoms. The highest BCUT2D eigenvalue weighted by atomic mass is 35.5. The summed E-state index contributed by atoms with van der Waals surface area (Å²) in [7, 11) is 0. The smallest absolute Gasteiger partial charge is 0.197 e. The minimum absolute atomic E-state index is 0.00257. The molecule has 0 radical (unpaired) electrons. The zero-order valence-corrected chi connectivity index (χ0v) is 21.1. The van der Waals surface area contributed by atoms with Gasteiger partial charge in [-0.25, -0.2) is 4.39 Å². The Hall–Kier alpha value is 0.160. The standard InChI is InChI=1S/C22H24Cl5FO3/c1-9-6-10-11-7-12(28)15-16(24)13(29)4-5-19(15,2)21(11,27)14(23)8-20(10,3)22(9,31)17(30)18(25)26/h4-5,9-12,14,18,31H,6-8H2,1-3H3/t9?,10-,11-,12?,14?,19-,20-,21-,22-/m0/s1. The molecule has 0 heterocycles. The van der Waals surface area contributed by atoms with Gasteiger partial charge >= 0.3 is 0 Å². The van der Waals surface area contributed by atoms with E-state index in [0.717, 1.165) is 0 Å². The highest BCUT2D eigenvalue weighted by molar-refractivity contribution is 6.54. The molecule has 9 atom stereocenters. The number of carbonyl (C=O) groups excluding carboxylic acids is 2. The summed E-state index contributed by atoms with van der Waals surface area (Å²) < 4.78 is 15.6. The maximum atomic E-state index is 15.6. The number of hydrogen-bond donors (Lipinski definition) is 1. The van der Waals surface area contributed by atoms with Crippen molar-refractivity contribution in [2.75, 3.05) is 0 Å². The third kappa shape index (κ3) is 2.76. The molecule has 1 N–H and O–H groups in total. The fraction of sp³-hybridized carbons (Fsp3) is 0.727. The Kier molecular flexibility index (Phi) is 5.74. The minimum Gasteiger partial charge on any atom is -0.381 e. The monoisotopic (exact) mass is 530 g/mol. The average Bonchev–Trinajstić information content (AvgIpc) is 2.88. The van der Waals surface area contributed by atoms with Gasteiger partial charge < -0.3 is 5.11 Å². The van der Waals surface area contributed by atoms with Gasteiger partial charge in [0.2, 0.25) is 0 Å². The van der Waals surface area contributed by atoms with Crippen molar-refractivity contribution < 1.29 is 19.1 Å². The number of carbonyl (C=O) groups is 2. The zero-order valence-electron chi connectivity index (χ0n) is 17.3. The number of halogens is 6. The molecule has 0 amide bonds. The van der Waals surface area contributed by atoms with E-state index in [1.807, 2.05) is 0 Å². The molecule has 0 aliphatic heterocycles. The van der Waals surface area contributed by atoms with Gasteiger partial charge in [0.1, 0.15) is 11.8 Å². The van der Waals surface area contributed by atoms with E-state index in [9.17, 15) is 14.7 Å². The Labute approximate surface area is 206 Å². The van der Waals surface area contributed by atoms with Crippen LogP contribution in [0.4, 0.5) is 4.39 Å². The largest absolute Gasteiger partial charge is 0.381 e. The van der Waals surface area contributed by atoms with Crippen LogP contribution in [-0.4, -0.2) is 43.5 Å². The second-order valence-electron chi connectivity index (χ2n) is 9.97. The molecule has 3 fully saturated rings. The van der Waals surface area contributed by atoms with Gasteiger partial charge in [0.15, 0.2) is 16.4 Å². The van der Waals surface area contributed by atoms with Crippen molar-refractivity contribution in [2.24, 2.45) is 28.6 Å². The Balaban J connectivity index is 1.89. The van der Waals surface area contributed by atoms with Crippen LogP contribution in [0.1, 0.15) is 40.0 Å². The number of Topliss-reactive ketones (excluding diaryl/α,β-unsaturated/α-hetero) is 1. The van der Waals surface area contributed by atoms with Crippen molar-refractivity contribution >= 4 is 69.6 Å². The van der Waals surface area contributed by atoms with E-state index in [-0.39, 0.29) is 29.4 Å². The Morgan fingerprint density at radius 3 is 2.45 bits per heavy atom. The van der Waals surface area contributed by atoms with Crippen LogP contribution < -0.4 is 0 Å². The van der Waals surface area contributed by atoms with Crippen LogP contribution in [-0.2, 0) is 9.59 Å². The number of ketones is 2. The van der Waals surface area contributed by atoms with Crippen molar-refractivity contribution in [3.63, 3.8) is 0 Å². The first-order chi connectivity index (χ1) is 14.2. The van der Waals surface area contributed by atoms with Crippen molar-refractivity contribution in [1.29, 1.82) is 0 Å². The summed E-state index contributed by atoms with van der Waals surface area (Å²) in [5, 5.41) is 10.8. The highest BCUT2D eigenvalue weighted by Gasteiger charge is 2.76. The van der Waals surface area contributed by atoms with E-state index in [1.54, 1.807) is 26.8 Å². The van der Waals surface area contributed by atoms with Gasteiger partial charge in [-0.3, -0.25) is 9.59 Å². The Bertz CT molecular complexity index is 921. The Morgan fingerprint density at radius 1 is 1.26 bits per heavy atom.